The van der Waals surface area contributed by atoms with Crippen molar-refractivity contribution in [2.75, 3.05) is 37.0 Å². The van der Waals surface area contributed by atoms with Gasteiger partial charge in [0.05, 0.1) is 11.4 Å². The topological polar surface area (TPSA) is 92.8 Å². The van der Waals surface area contributed by atoms with Crippen molar-refractivity contribution in [3.8, 4) is 5.75 Å². The first-order valence-corrected chi connectivity index (χ1v) is 9.91. The average molecular weight is 352 g/mol. The minimum absolute atomic E-state index is 0.0223. The van der Waals surface area contributed by atoms with Gasteiger partial charge in [-0.1, -0.05) is 0 Å². The van der Waals surface area contributed by atoms with Gasteiger partial charge in [0.25, 0.3) is 11.8 Å². The van der Waals surface area contributed by atoms with E-state index in [1.54, 1.807) is 23.1 Å². The predicted molar refractivity (Wildman–Crippen MR) is 88.9 cm³/mol. The van der Waals surface area contributed by atoms with E-state index in [4.69, 9.17) is 4.74 Å². The highest BCUT2D eigenvalue weighted by Gasteiger charge is 2.27. The van der Waals surface area contributed by atoms with Gasteiger partial charge in [0.1, 0.15) is 15.6 Å². The van der Waals surface area contributed by atoms with Gasteiger partial charge in [-0.3, -0.25) is 9.59 Å². The molecule has 24 heavy (non-hydrogen) atoms. The quantitative estimate of drug-likeness (QED) is 0.873. The zero-order valence-electron chi connectivity index (χ0n) is 13.4. The monoisotopic (exact) mass is 352 g/mol. The molecule has 1 saturated heterocycles. The maximum atomic E-state index is 12.7. The highest BCUT2D eigenvalue weighted by molar-refractivity contribution is 7.90. The van der Waals surface area contributed by atoms with Crippen LogP contribution in [-0.2, 0) is 14.6 Å². The van der Waals surface area contributed by atoms with E-state index >= 15 is 0 Å². The Hall–Kier alpha value is -2.09. The number of benzene rings is 1. The van der Waals surface area contributed by atoms with Crippen molar-refractivity contribution in [3.05, 3.63) is 23.8 Å². The lowest BCUT2D eigenvalue weighted by molar-refractivity contribution is -0.118. The van der Waals surface area contributed by atoms with Crippen molar-refractivity contribution in [1.29, 1.82) is 0 Å². The van der Waals surface area contributed by atoms with E-state index < -0.39 is 9.84 Å². The predicted octanol–water partition coefficient (Wildman–Crippen LogP) is 0.914. The summed E-state index contributed by atoms with van der Waals surface area (Å²) < 4.78 is 28.3. The number of nitrogens with zero attached hydrogens (tertiary/aromatic N) is 1. The summed E-state index contributed by atoms with van der Waals surface area (Å²) in [6, 6.07) is 4.92. The molecule has 0 spiro atoms. The van der Waals surface area contributed by atoms with Crippen LogP contribution >= 0.6 is 0 Å². The lowest BCUT2D eigenvalue weighted by Crippen LogP contribution is -2.41. The SMILES string of the molecule is CS(=O)(=O)CC1CCCN(C(=O)c2ccc3c(c2)OCC(=O)N3)C1. The molecule has 0 aliphatic carbocycles. The molecule has 0 saturated carbocycles. The fourth-order valence-corrected chi connectivity index (χ4v) is 4.33. The van der Waals surface area contributed by atoms with Crippen molar-refractivity contribution in [2.45, 2.75) is 12.8 Å². The van der Waals surface area contributed by atoms with Crippen molar-refractivity contribution in [2.24, 2.45) is 5.92 Å². The van der Waals surface area contributed by atoms with Crippen molar-refractivity contribution in [3.63, 3.8) is 0 Å². The number of amides is 2. The maximum Gasteiger partial charge on any atom is 0.262 e. The van der Waals surface area contributed by atoms with Crippen LogP contribution in [0.1, 0.15) is 23.2 Å². The Labute approximate surface area is 140 Å². The molecule has 1 atom stereocenters. The second kappa shape index (κ2) is 6.43. The Balaban J connectivity index is 1.73. The lowest BCUT2D eigenvalue weighted by Gasteiger charge is -2.32. The highest BCUT2D eigenvalue weighted by atomic mass is 32.2. The molecule has 1 aromatic carbocycles. The van der Waals surface area contributed by atoms with Crippen LogP contribution in [0.25, 0.3) is 0 Å². The van der Waals surface area contributed by atoms with E-state index in [0.29, 0.717) is 30.1 Å². The number of piperidine rings is 1. The molecule has 0 radical (unpaired) electrons. The zero-order valence-corrected chi connectivity index (χ0v) is 14.3. The Morgan fingerprint density at radius 3 is 2.96 bits per heavy atom. The zero-order chi connectivity index (χ0) is 17.3. The van der Waals surface area contributed by atoms with Crippen LogP contribution in [0.5, 0.6) is 5.75 Å². The highest BCUT2D eigenvalue weighted by Crippen LogP contribution is 2.29. The first-order valence-electron chi connectivity index (χ1n) is 7.85. The van der Waals surface area contributed by atoms with E-state index in [-0.39, 0.29) is 30.1 Å². The number of hydrogen-bond donors (Lipinski definition) is 1. The molecule has 1 unspecified atom stereocenters. The molecule has 1 N–H and O–H groups in total. The number of carbonyl (C=O) groups is 2. The van der Waals surface area contributed by atoms with Gasteiger partial charge in [0, 0.05) is 24.9 Å². The van der Waals surface area contributed by atoms with Crippen LogP contribution < -0.4 is 10.1 Å². The molecule has 1 fully saturated rings. The lowest BCUT2D eigenvalue weighted by atomic mass is 9.99. The Morgan fingerprint density at radius 1 is 1.42 bits per heavy atom. The molecule has 2 heterocycles. The molecule has 2 aliphatic heterocycles. The maximum absolute atomic E-state index is 12.7. The number of nitrogens with one attached hydrogen (secondary N) is 1. The number of ether oxygens (including phenoxy) is 1. The van der Waals surface area contributed by atoms with E-state index in [1.807, 2.05) is 0 Å². The Morgan fingerprint density at radius 2 is 2.21 bits per heavy atom. The van der Waals surface area contributed by atoms with Crippen LogP contribution in [-0.4, -0.2) is 56.8 Å². The number of sulfone groups is 1. The fourth-order valence-electron chi connectivity index (χ4n) is 3.20. The van der Waals surface area contributed by atoms with Gasteiger partial charge in [-0.15, -0.1) is 0 Å². The normalized spacial score (nSPS) is 20.8. The summed E-state index contributed by atoms with van der Waals surface area (Å²) in [4.78, 5) is 25.7. The largest absolute Gasteiger partial charge is 0.482 e. The summed E-state index contributed by atoms with van der Waals surface area (Å²) in [6.07, 6.45) is 2.84. The van der Waals surface area contributed by atoms with Gasteiger partial charge in [-0.05, 0) is 37.0 Å². The smallest absolute Gasteiger partial charge is 0.262 e. The van der Waals surface area contributed by atoms with Crippen LogP contribution in [0.3, 0.4) is 0 Å². The van der Waals surface area contributed by atoms with Crippen LogP contribution in [0.4, 0.5) is 5.69 Å². The Kier molecular flexibility index (Phi) is 4.49. The van der Waals surface area contributed by atoms with Crippen LogP contribution in [0, 0.1) is 5.92 Å². The van der Waals surface area contributed by atoms with Gasteiger partial charge < -0.3 is 15.0 Å². The minimum atomic E-state index is -3.05. The molecule has 1 aromatic rings. The molecule has 2 aliphatic rings. The van der Waals surface area contributed by atoms with E-state index in [0.717, 1.165) is 12.8 Å². The molecule has 7 nitrogen and oxygen atoms in total. The fraction of sp³-hybridized carbons (Fsp3) is 0.500. The summed E-state index contributed by atoms with van der Waals surface area (Å²) in [6.45, 7) is 0.999. The first-order chi connectivity index (χ1) is 11.3. The summed E-state index contributed by atoms with van der Waals surface area (Å²) in [5.41, 5.74) is 1.03. The van der Waals surface area contributed by atoms with Crippen LogP contribution in [0.2, 0.25) is 0 Å². The number of fused-ring (bicyclic) bond motifs is 1. The number of carbonyl (C=O) groups excluding carboxylic acids is 2. The molecule has 0 bridgehead atoms. The van der Waals surface area contributed by atoms with E-state index in [1.165, 1.54) is 6.26 Å². The molecule has 130 valence electrons. The molecule has 3 rings (SSSR count). The molecule has 8 heteroatoms. The van der Waals surface area contributed by atoms with Gasteiger partial charge in [0.2, 0.25) is 0 Å². The van der Waals surface area contributed by atoms with Crippen molar-refractivity contribution in [1.82, 2.24) is 4.90 Å². The molecule has 2 amide bonds. The van der Waals surface area contributed by atoms with E-state index in [2.05, 4.69) is 5.32 Å². The third-order valence-electron chi connectivity index (χ3n) is 4.21. The summed E-state index contributed by atoms with van der Waals surface area (Å²) in [7, 11) is -3.05. The molecular weight excluding hydrogens is 332 g/mol. The number of likely N-dealkylation sites (tertiary alicyclic amines) is 1. The number of rotatable bonds is 3. The second-order valence-electron chi connectivity index (χ2n) is 6.40. The van der Waals surface area contributed by atoms with E-state index in [9.17, 15) is 18.0 Å². The summed E-state index contributed by atoms with van der Waals surface area (Å²) in [5.74, 6) is 0.199. The van der Waals surface area contributed by atoms with Gasteiger partial charge in [-0.25, -0.2) is 8.42 Å². The van der Waals surface area contributed by atoms with Gasteiger partial charge in [0.15, 0.2) is 6.61 Å². The van der Waals surface area contributed by atoms with Gasteiger partial charge >= 0.3 is 0 Å². The number of anilines is 1. The average Bonchev–Trinajstić information content (AvgIpc) is 2.52. The Bertz CT molecular complexity index is 775. The van der Waals surface area contributed by atoms with Crippen molar-refractivity contribution < 1.29 is 22.7 Å². The number of hydrogen-bond acceptors (Lipinski definition) is 5. The second-order valence-corrected chi connectivity index (χ2v) is 8.58. The third kappa shape index (κ3) is 3.87. The van der Waals surface area contributed by atoms with Gasteiger partial charge in [-0.2, -0.15) is 0 Å². The molecular formula is C16H20N2O5S. The van der Waals surface area contributed by atoms with Crippen LogP contribution in [0.15, 0.2) is 18.2 Å². The third-order valence-corrected chi connectivity index (χ3v) is 5.28. The first kappa shape index (κ1) is 16.8. The summed E-state index contributed by atoms with van der Waals surface area (Å²) >= 11 is 0. The molecule has 0 aromatic heterocycles. The minimum Gasteiger partial charge on any atom is -0.482 e. The summed E-state index contributed by atoms with van der Waals surface area (Å²) in [5, 5.41) is 2.68. The standard InChI is InChI=1S/C16H20N2O5S/c1-24(21,22)10-11-3-2-6-18(8-11)16(20)12-4-5-13-14(7-12)23-9-15(19)17-13/h4-5,7,11H,2-3,6,8-10H2,1H3,(H,17,19). The van der Waals surface area contributed by atoms with Crippen molar-refractivity contribution >= 4 is 27.3 Å².